The van der Waals surface area contributed by atoms with Crippen molar-refractivity contribution in [3.05, 3.63) is 72.3 Å². The smallest absolute Gasteiger partial charge is 0.326 e. The van der Waals surface area contributed by atoms with E-state index in [1.54, 1.807) is 18.9 Å². The van der Waals surface area contributed by atoms with Crippen LogP contribution in [0, 0.1) is 0 Å². The van der Waals surface area contributed by atoms with Gasteiger partial charge < -0.3 is 30.5 Å². The van der Waals surface area contributed by atoms with Gasteiger partial charge in [-0.15, -0.1) is 11.8 Å². The van der Waals surface area contributed by atoms with Crippen LogP contribution in [0.1, 0.15) is 77.3 Å². The Labute approximate surface area is 297 Å². The van der Waals surface area contributed by atoms with Gasteiger partial charge in [0.2, 0.25) is 5.91 Å². The largest absolute Gasteiger partial charge is 0.508 e. The average Bonchev–Trinajstić information content (AvgIpc) is 3.27. The fourth-order valence-electron chi connectivity index (χ4n) is 5.84. The predicted octanol–water partition coefficient (Wildman–Crippen LogP) is 7.20. The lowest BCUT2D eigenvalue weighted by molar-refractivity contribution is -0.142. The number of aliphatic carboxylic acids is 1. The summed E-state index contributed by atoms with van der Waals surface area (Å²) in [6.07, 6.45) is 8.70. The number of unbranched alkanes of at least 4 members (excludes halogenated alkanes) is 2. The maximum Gasteiger partial charge on any atom is 0.326 e. The van der Waals surface area contributed by atoms with Crippen LogP contribution in [0.3, 0.4) is 0 Å². The van der Waals surface area contributed by atoms with Gasteiger partial charge in [0, 0.05) is 17.8 Å². The van der Waals surface area contributed by atoms with E-state index in [0.29, 0.717) is 11.3 Å². The number of nitrogens with zero attached hydrogens (tertiary/aromatic N) is 1. The van der Waals surface area contributed by atoms with Gasteiger partial charge in [-0.05, 0) is 79.4 Å². The van der Waals surface area contributed by atoms with Crippen LogP contribution in [0.4, 0.5) is 11.4 Å². The molecule has 264 valence electrons. The van der Waals surface area contributed by atoms with E-state index >= 15 is 0 Å². The Balaban J connectivity index is 1.60. The second-order valence-corrected chi connectivity index (χ2v) is 14.0. The van der Waals surface area contributed by atoms with Gasteiger partial charge in [-0.2, -0.15) is 0 Å². The number of thioether (sulfide) groups is 1. The molecule has 10 nitrogen and oxygen atoms in total. The molecule has 2 amide bonds. The summed E-state index contributed by atoms with van der Waals surface area (Å²) in [5.74, 6) is -1.88. The van der Waals surface area contributed by atoms with Crippen LogP contribution in [0.2, 0.25) is 0 Å². The number of phenolic OH excluding ortho intramolecular Hbond substituents is 1. The molecule has 0 saturated carbocycles. The highest BCUT2D eigenvalue weighted by molar-refractivity contribution is 7.98. The van der Waals surface area contributed by atoms with Crippen molar-refractivity contribution in [2.75, 3.05) is 24.3 Å². The number of nitrogens with one attached hydrogen (secondary N) is 3. The maximum atomic E-state index is 13.3. The minimum absolute atomic E-state index is 0.00602. The second-order valence-electron chi connectivity index (χ2n) is 12.3. The molecule has 1 aliphatic rings. The summed E-state index contributed by atoms with van der Waals surface area (Å²) >= 11 is 3.13. The predicted molar refractivity (Wildman–Crippen MR) is 197 cm³/mol. The molecule has 2 atom stereocenters. The maximum absolute atomic E-state index is 13.3. The van der Waals surface area contributed by atoms with Gasteiger partial charge in [0.05, 0.1) is 15.5 Å². The molecule has 3 aromatic carbocycles. The van der Waals surface area contributed by atoms with Crippen molar-refractivity contribution < 1.29 is 29.3 Å². The monoisotopic (exact) mass is 708 g/mol. The first-order chi connectivity index (χ1) is 23.6. The molecule has 0 aliphatic carbocycles. The van der Waals surface area contributed by atoms with Crippen LogP contribution in [0.5, 0.6) is 11.5 Å². The zero-order valence-corrected chi connectivity index (χ0v) is 30.3. The number of hydrogen-bond acceptors (Lipinski definition) is 9. The lowest BCUT2D eigenvalue weighted by atomic mass is 9.87. The molecule has 1 aliphatic heterocycles. The summed E-state index contributed by atoms with van der Waals surface area (Å²) in [5.41, 5.74) is 2.45. The molecular formula is C37H48N4O6S2. The third kappa shape index (κ3) is 10.1. The highest BCUT2D eigenvalue weighted by Crippen LogP contribution is 2.46. The number of carboxylic acid groups (broad SMARTS) is 1. The van der Waals surface area contributed by atoms with Crippen LogP contribution in [-0.2, 0) is 14.4 Å². The van der Waals surface area contributed by atoms with E-state index in [0.717, 1.165) is 66.2 Å². The summed E-state index contributed by atoms with van der Waals surface area (Å²) in [4.78, 5) is 42.4. The molecule has 3 aromatic rings. The van der Waals surface area contributed by atoms with Crippen LogP contribution >= 0.6 is 23.7 Å². The molecule has 0 unspecified atom stereocenters. The number of benzene rings is 3. The summed E-state index contributed by atoms with van der Waals surface area (Å²) in [7, 11) is 0. The van der Waals surface area contributed by atoms with Crippen molar-refractivity contribution >= 4 is 52.9 Å². The lowest BCUT2D eigenvalue weighted by Crippen LogP contribution is -2.49. The van der Waals surface area contributed by atoms with Crippen molar-refractivity contribution in [2.45, 2.75) is 93.1 Å². The Morgan fingerprint density at radius 1 is 1.00 bits per heavy atom. The van der Waals surface area contributed by atoms with E-state index in [4.69, 9.17) is 4.74 Å². The summed E-state index contributed by atoms with van der Waals surface area (Å²) in [5, 5.41) is 24.4. The van der Waals surface area contributed by atoms with Crippen LogP contribution in [0.15, 0.2) is 76.5 Å². The highest BCUT2D eigenvalue weighted by Gasteiger charge is 2.36. The van der Waals surface area contributed by atoms with Gasteiger partial charge >= 0.3 is 5.97 Å². The molecule has 1 heterocycles. The normalized spacial score (nSPS) is 15.0. The Bertz CT molecular complexity index is 1550. The van der Waals surface area contributed by atoms with Gasteiger partial charge in [-0.1, -0.05) is 76.8 Å². The molecule has 12 heteroatoms. The number of aromatic hydroxyl groups is 1. The number of carboxylic acids is 1. The lowest BCUT2D eigenvalue weighted by Gasteiger charge is -2.38. The molecule has 0 spiro atoms. The zero-order valence-electron chi connectivity index (χ0n) is 28.7. The van der Waals surface area contributed by atoms with Gasteiger partial charge in [0.25, 0.3) is 5.91 Å². The average molecular weight is 709 g/mol. The number of hydrogen-bond donors (Lipinski definition) is 5. The van der Waals surface area contributed by atoms with Crippen molar-refractivity contribution in [2.24, 2.45) is 0 Å². The van der Waals surface area contributed by atoms with E-state index in [-0.39, 0.29) is 24.3 Å². The Morgan fingerprint density at radius 3 is 2.27 bits per heavy atom. The standard InChI is InChI=1S/C37H48N4O6S2/c1-5-8-19-37(20-9-6-2)24-41(26-13-11-10-12-14-26)29-21-32(48-4)30(22-31(29)49-40-37)47-23-33(43)39-34(25-15-17-27(42)18-16-25)35(44)38-28(7-3)36(45)46/h10-18,21-22,28,34,40,42H,5-9,19-20,23-24H2,1-4H3,(H,38,44)(H,39,43)(H,45,46)/t28-,34+/m0/s1. The van der Waals surface area contributed by atoms with E-state index in [1.165, 1.54) is 36.0 Å². The molecule has 0 aromatic heterocycles. The van der Waals surface area contributed by atoms with E-state index in [2.05, 4.69) is 64.4 Å². The van der Waals surface area contributed by atoms with Gasteiger partial charge in [-0.3, -0.25) is 14.3 Å². The van der Waals surface area contributed by atoms with Crippen LogP contribution in [0.25, 0.3) is 0 Å². The van der Waals surface area contributed by atoms with Gasteiger partial charge in [0.15, 0.2) is 6.61 Å². The topological polar surface area (TPSA) is 140 Å². The van der Waals surface area contributed by atoms with Crippen molar-refractivity contribution in [3.63, 3.8) is 0 Å². The number of para-hydroxylation sites is 1. The Kier molecular flexibility index (Phi) is 14.1. The third-order valence-electron chi connectivity index (χ3n) is 8.64. The van der Waals surface area contributed by atoms with Gasteiger partial charge in [0.1, 0.15) is 23.6 Å². The second kappa shape index (κ2) is 18.2. The van der Waals surface area contributed by atoms with Crippen LogP contribution in [-0.4, -0.2) is 59.0 Å². The summed E-state index contributed by atoms with van der Waals surface area (Å²) in [6.45, 7) is 6.54. The number of rotatable bonds is 17. The quantitative estimate of drug-likeness (QED) is 0.0723. The number of fused-ring (bicyclic) bond motifs is 1. The molecule has 0 bridgehead atoms. The highest BCUT2D eigenvalue weighted by atomic mass is 32.2. The molecule has 0 fully saturated rings. The van der Waals surface area contributed by atoms with E-state index < -0.39 is 29.9 Å². The number of amides is 2. The number of carbonyl (C=O) groups is 3. The molecule has 0 saturated heterocycles. The van der Waals surface area contributed by atoms with Crippen molar-refractivity contribution in [1.82, 2.24) is 15.4 Å². The molecule has 4 rings (SSSR count). The Morgan fingerprint density at radius 2 is 1.67 bits per heavy atom. The molecule has 5 N–H and O–H groups in total. The van der Waals surface area contributed by atoms with E-state index in [1.807, 2.05) is 18.4 Å². The number of carbonyl (C=O) groups excluding carboxylic acids is 2. The summed E-state index contributed by atoms with van der Waals surface area (Å²) in [6, 6.07) is 18.0. The Hall–Kier alpha value is -3.87. The first-order valence-electron chi connectivity index (χ1n) is 16.9. The number of ether oxygens (including phenoxy) is 1. The third-order valence-corrected chi connectivity index (χ3v) is 10.5. The SMILES string of the molecule is CCCCC1(CCCC)CN(c2ccccc2)c2cc(SC)c(OCC(=O)N[C@@H](C(=O)N[C@@H](CC)C(=O)O)c3ccc(O)cc3)cc2SN1. The molecule has 49 heavy (non-hydrogen) atoms. The molecule has 0 radical (unpaired) electrons. The fourth-order valence-corrected chi connectivity index (χ4v) is 7.42. The summed E-state index contributed by atoms with van der Waals surface area (Å²) < 4.78 is 10.0. The van der Waals surface area contributed by atoms with Gasteiger partial charge in [-0.25, -0.2) is 4.79 Å². The zero-order chi connectivity index (χ0) is 35.4. The minimum atomic E-state index is -1.20. The number of anilines is 2. The van der Waals surface area contributed by atoms with Crippen molar-refractivity contribution in [1.29, 1.82) is 0 Å². The van der Waals surface area contributed by atoms with Crippen molar-refractivity contribution in [3.8, 4) is 11.5 Å². The fraction of sp³-hybridized carbons (Fsp3) is 0.432. The molecular weight excluding hydrogens is 661 g/mol. The van der Waals surface area contributed by atoms with Crippen LogP contribution < -0.4 is 25.0 Å². The first-order valence-corrected chi connectivity index (χ1v) is 18.9. The minimum Gasteiger partial charge on any atom is -0.508 e. The van der Waals surface area contributed by atoms with E-state index in [9.17, 15) is 24.6 Å². The number of phenols is 1. The first kappa shape index (κ1) is 37.9.